The van der Waals surface area contributed by atoms with E-state index >= 15 is 0 Å². The van der Waals surface area contributed by atoms with Crippen LogP contribution in [0.25, 0.3) is 0 Å². The fraction of sp³-hybridized carbons (Fsp3) is 0.867. The molecule has 0 radical (unpaired) electrons. The van der Waals surface area contributed by atoms with E-state index in [1.165, 1.54) is 0 Å². The molecule has 4 nitrogen and oxygen atoms in total. The van der Waals surface area contributed by atoms with Crippen LogP contribution in [0.5, 0.6) is 0 Å². The van der Waals surface area contributed by atoms with Crippen LogP contribution in [0.3, 0.4) is 0 Å². The molecule has 1 amide bonds. The Bertz CT molecular complexity index is 336. The second-order valence-corrected chi connectivity index (χ2v) is 6.82. The molecule has 0 aromatic rings. The van der Waals surface area contributed by atoms with Gasteiger partial charge in [0.1, 0.15) is 6.04 Å². The first-order chi connectivity index (χ1) is 8.74. The molecule has 0 saturated heterocycles. The number of hydrogen-bond donors (Lipinski definition) is 2. The number of carbonyl (C=O) groups is 2. The van der Waals surface area contributed by atoms with Crippen molar-refractivity contribution in [1.82, 2.24) is 5.32 Å². The summed E-state index contributed by atoms with van der Waals surface area (Å²) < 4.78 is 0. The minimum atomic E-state index is -0.935. The predicted octanol–water partition coefficient (Wildman–Crippen LogP) is 2.82. The summed E-state index contributed by atoms with van der Waals surface area (Å²) in [7, 11) is 0. The largest absolute Gasteiger partial charge is 0.480 e. The third-order valence-electron chi connectivity index (χ3n) is 4.15. The fourth-order valence-electron chi connectivity index (χ4n) is 2.95. The van der Waals surface area contributed by atoms with Gasteiger partial charge in [0.15, 0.2) is 0 Å². The summed E-state index contributed by atoms with van der Waals surface area (Å²) in [6.07, 6.45) is 4.60. The second kappa shape index (κ2) is 6.40. The summed E-state index contributed by atoms with van der Waals surface area (Å²) in [5.74, 6) is -0.829. The smallest absolute Gasteiger partial charge is 0.326 e. The van der Waals surface area contributed by atoms with Crippen LogP contribution in [0.4, 0.5) is 0 Å². The van der Waals surface area contributed by atoms with Gasteiger partial charge in [0.2, 0.25) is 5.91 Å². The van der Waals surface area contributed by atoms with Gasteiger partial charge in [-0.1, -0.05) is 40.5 Å². The van der Waals surface area contributed by atoms with Crippen molar-refractivity contribution < 1.29 is 14.7 Å². The molecule has 2 N–H and O–H groups in total. The first kappa shape index (κ1) is 16.0. The molecule has 1 unspecified atom stereocenters. The summed E-state index contributed by atoms with van der Waals surface area (Å²) in [6.45, 7) is 8.14. The van der Waals surface area contributed by atoms with Crippen molar-refractivity contribution in [3.63, 3.8) is 0 Å². The topological polar surface area (TPSA) is 66.4 Å². The van der Waals surface area contributed by atoms with Crippen LogP contribution in [0.15, 0.2) is 0 Å². The van der Waals surface area contributed by atoms with Crippen molar-refractivity contribution in [3.05, 3.63) is 0 Å². The number of carboxylic acids is 1. The van der Waals surface area contributed by atoms with Crippen LogP contribution in [-0.2, 0) is 9.59 Å². The lowest BCUT2D eigenvalue weighted by Crippen LogP contribution is -2.48. The zero-order valence-corrected chi connectivity index (χ0v) is 12.5. The van der Waals surface area contributed by atoms with Gasteiger partial charge in [0, 0.05) is 5.92 Å². The van der Waals surface area contributed by atoms with E-state index in [9.17, 15) is 14.7 Å². The van der Waals surface area contributed by atoms with E-state index in [4.69, 9.17) is 0 Å². The standard InChI is InChI=1S/C15H27NO3/c1-10(2)9-12(14(18)19)16-13(17)11-7-5-6-8-15(11,3)4/h10-12H,5-9H2,1-4H3,(H,16,17)(H,18,19)/t11?,12-/m1/s1. The van der Waals surface area contributed by atoms with E-state index in [1.54, 1.807) is 0 Å². The third kappa shape index (κ3) is 4.51. The Balaban J connectivity index is 2.68. The number of nitrogens with one attached hydrogen (secondary N) is 1. The highest BCUT2D eigenvalue weighted by Gasteiger charge is 2.38. The highest BCUT2D eigenvalue weighted by atomic mass is 16.4. The highest BCUT2D eigenvalue weighted by Crippen LogP contribution is 2.40. The van der Waals surface area contributed by atoms with Gasteiger partial charge in [0.05, 0.1) is 0 Å². The predicted molar refractivity (Wildman–Crippen MR) is 74.8 cm³/mol. The molecule has 2 atom stereocenters. The molecule has 0 bridgehead atoms. The van der Waals surface area contributed by atoms with Crippen molar-refractivity contribution in [2.24, 2.45) is 17.3 Å². The van der Waals surface area contributed by atoms with Crippen molar-refractivity contribution in [2.75, 3.05) is 0 Å². The molecule has 0 aromatic heterocycles. The summed E-state index contributed by atoms with van der Waals surface area (Å²) in [4.78, 5) is 23.5. The number of carboxylic acid groups (broad SMARTS) is 1. The van der Waals surface area contributed by atoms with E-state index in [1.807, 2.05) is 13.8 Å². The monoisotopic (exact) mass is 269 g/mol. The average Bonchev–Trinajstić information content (AvgIpc) is 2.26. The van der Waals surface area contributed by atoms with Gasteiger partial charge in [-0.15, -0.1) is 0 Å². The first-order valence-electron chi connectivity index (χ1n) is 7.27. The molecule has 1 aliphatic carbocycles. The number of rotatable bonds is 5. The SMILES string of the molecule is CC(C)C[C@@H](NC(=O)C1CCCCC1(C)C)C(=O)O. The van der Waals surface area contributed by atoms with Gasteiger partial charge in [-0.2, -0.15) is 0 Å². The van der Waals surface area contributed by atoms with E-state index in [-0.39, 0.29) is 23.2 Å². The third-order valence-corrected chi connectivity index (χ3v) is 4.15. The molecular weight excluding hydrogens is 242 g/mol. The van der Waals surface area contributed by atoms with Gasteiger partial charge in [-0.3, -0.25) is 4.79 Å². The normalized spacial score (nSPS) is 23.9. The quantitative estimate of drug-likeness (QED) is 0.806. The minimum absolute atomic E-state index is 0.0246. The number of amides is 1. The van der Waals surface area contributed by atoms with Crippen LogP contribution in [0.2, 0.25) is 0 Å². The first-order valence-corrected chi connectivity index (χ1v) is 7.27. The molecule has 1 rings (SSSR count). The Morgan fingerprint density at radius 1 is 1.32 bits per heavy atom. The van der Waals surface area contributed by atoms with E-state index < -0.39 is 12.0 Å². The van der Waals surface area contributed by atoms with Crippen LogP contribution < -0.4 is 5.32 Å². The molecule has 1 aliphatic rings. The summed E-state index contributed by atoms with van der Waals surface area (Å²) >= 11 is 0. The van der Waals surface area contributed by atoms with Crippen molar-refractivity contribution in [1.29, 1.82) is 0 Å². The molecule has 0 spiro atoms. The number of carbonyl (C=O) groups excluding carboxylic acids is 1. The average molecular weight is 269 g/mol. The lowest BCUT2D eigenvalue weighted by molar-refractivity contribution is -0.144. The summed E-state index contributed by atoms with van der Waals surface area (Å²) in [6, 6.07) is -0.759. The highest BCUT2D eigenvalue weighted by molar-refractivity contribution is 5.85. The zero-order valence-electron chi connectivity index (χ0n) is 12.5. The Kier molecular flexibility index (Phi) is 5.39. The molecule has 4 heteroatoms. The Hall–Kier alpha value is -1.06. The van der Waals surface area contributed by atoms with Gasteiger partial charge in [-0.05, 0) is 30.6 Å². The Labute approximate surface area is 116 Å². The molecule has 0 aromatic carbocycles. The van der Waals surface area contributed by atoms with Crippen LogP contribution in [0.1, 0.15) is 59.8 Å². The molecule has 0 aliphatic heterocycles. The maximum absolute atomic E-state index is 12.3. The summed E-state index contributed by atoms with van der Waals surface area (Å²) in [5.41, 5.74) is -0.0246. The lowest BCUT2D eigenvalue weighted by atomic mass is 9.68. The maximum atomic E-state index is 12.3. The zero-order chi connectivity index (χ0) is 14.6. The molecule has 110 valence electrons. The van der Waals surface area contributed by atoms with Gasteiger partial charge in [-0.25, -0.2) is 4.79 Å². The van der Waals surface area contributed by atoms with Gasteiger partial charge in [0.25, 0.3) is 0 Å². The molecule has 1 fully saturated rings. The van der Waals surface area contributed by atoms with Gasteiger partial charge < -0.3 is 10.4 Å². The minimum Gasteiger partial charge on any atom is -0.480 e. The van der Waals surface area contributed by atoms with E-state index in [0.29, 0.717) is 6.42 Å². The van der Waals surface area contributed by atoms with Crippen LogP contribution >= 0.6 is 0 Å². The van der Waals surface area contributed by atoms with Crippen molar-refractivity contribution in [2.45, 2.75) is 65.8 Å². The fourth-order valence-corrected chi connectivity index (χ4v) is 2.95. The second-order valence-electron chi connectivity index (χ2n) is 6.82. The number of hydrogen-bond acceptors (Lipinski definition) is 2. The van der Waals surface area contributed by atoms with Crippen LogP contribution in [0, 0.1) is 17.3 Å². The van der Waals surface area contributed by atoms with E-state index in [2.05, 4.69) is 19.2 Å². The molecule has 1 saturated carbocycles. The Morgan fingerprint density at radius 2 is 1.95 bits per heavy atom. The van der Waals surface area contributed by atoms with Crippen LogP contribution in [-0.4, -0.2) is 23.0 Å². The van der Waals surface area contributed by atoms with Gasteiger partial charge >= 0.3 is 5.97 Å². The Morgan fingerprint density at radius 3 is 2.42 bits per heavy atom. The van der Waals surface area contributed by atoms with E-state index in [0.717, 1.165) is 25.7 Å². The van der Waals surface area contributed by atoms with Crippen molar-refractivity contribution in [3.8, 4) is 0 Å². The molecule has 0 heterocycles. The molecular formula is C15H27NO3. The summed E-state index contributed by atoms with van der Waals surface area (Å²) in [5, 5.41) is 11.9. The lowest BCUT2D eigenvalue weighted by Gasteiger charge is -2.38. The molecule has 19 heavy (non-hydrogen) atoms. The number of aliphatic carboxylic acids is 1. The van der Waals surface area contributed by atoms with Crippen molar-refractivity contribution >= 4 is 11.9 Å². The maximum Gasteiger partial charge on any atom is 0.326 e.